The fraction of sp³-hybridized carbons (Fsp3) is 0.474. The molecule has 0 atom stereocenters. The van der Waals surface area contributed by atoms with E-state index in [1.165, 1.54) is 18.9 Å². The van der Waals surface area contributed by atoms with Crippen molar-refractivity contribution in [2.45, 2.75) is 31.7 Å². The molecule has 1 aliphatic carbocycles. The van der Waals surface area contributed by atoms with Gasteiger partial charge in [0.05, 0.1) is 5.69 Å². The van der Waals surface area contributed by atoms with E-state index in [4.69, 9.17) is 0 Å². The van der Waals surface area contributed by atoms with E-state index < -0.39 is 0 Å². The summed E-state index contributed by atoms with van der Waals surface area (Å²) in [5.74, 6) is 1.74. The van der Waals surface area contributed by atoms with Crippen LogP contribution < -0.4 is 10.6 Å². The van der Waals surface area contributed by atoms with Crippen molar-refractivity contribution in [3.63, 3.8) is 0 Å². The molecule has 1 heterocycles. The Kier molecular flexibility index (Phi) is 5.81. The second-order valence-corrected chi connectivity index (χ2v) is 6.80. The first-order chi connectivity index (χ1) is 12.1. The molecular weight excluding hydrogens is 317 g/mol. The number of nitrogens with zero attached hydrogens (tertiary/aromatic N) is 3. The summed E-state index contributed by atoms with van der Waals surface area (Å²) in [6.45, 7) is 2.26. The summed E-state index contributed by atoms with van der Waals surface area (Å²) < 4.78 is 13.8. The van der Waals surface area contributed by atoms with Gasteiger partial charge >= 0.3 is 0 Å². The van der Waals surface area contributed by atoms with Crippen molar-refractivity contribution >= 4 is 11.8 Å². The second-order valence-electron chi connectivity index (χ2n) is 6.80. The van der Waals surface area contributed by atoms with E-state index in [0.29, 0.717) is 24.0 Å². The van der Waals surface area contributed by atoms with Gasteiger partial charge in [0, 0.05) is 30.6 Å². The highest BCUT2D eigenvalue weighted by molar-refractivity contribution is 5.44. The first-order valence-electron chi connectivity index (χ1n) is 8.86. The molecule has 25 heavy (non-hydrogen) atoms. The van der Waals surface area contributed by atoms with Crippen molar-refractivity contribution in [2.75, 3.05) is 37.8 Å². The summed E-state index contributed by atoms with van der Waals surface area (Å²) in [5.41, 5.74) is 1.70. The van der Waals surface area contributed by atoms with Crippen LogP contribution in [0.25, 0.3) is 0 Å². The summed E-state index contributed by atoms with van der Waals surface area (Å²) in [6, 6.07) is 8.79. The summed E-state index contributed by atoms with van der Waals surface area (Å²) >= 11 is 0. The van der Waals surface area contributed by atoms with Crippen LogP contribution in [-0.4, -0.2) is 42.1 Å². The Bertz CT molecular complexity index is 700. The topological polar surface area (TPSA) is 53.1 Å². The number of rotatable bonds is 9. The van der Waals surface area contributed by atoms with E-state index in [2.05, 4.69) is 39.6 Å². The molecule has 0 aliphatic heterocycles. The number of halogens is 1. The smallest absolute Gasteiger partial charge is 0.224 e. The molecule has 6 heteroatoms. The van der Waals surface area contributed by atoms with Crippen molar-refractivity contribution < 1.29 is 4.39 Å². The lowest BCUT2D eigenvalue weighted by atomic mass is 10.2. The van der Waals surface area contributed by atoms with Crippen LogP contribution in [0, 0.1) is 5.82 Å². The van der Waals surface area contributed by atoms with Crippen molar-refractivity contribution in [1.29, 1.82) is 0 Å². The summed E-state index contributed by atoms with van der Waals surface area (Å²) in [4.78, 5) is 11.3. The lowest BCUT2D eigenvalue weighted by Gasteiger charge is -2.13. The minimum absolute atomic E-state index is 0.200. The summed E-state index contributed by atoms with van der Waals surface area (Å²) in [7, 11) is 4.13. The number of benzene rings is 1. The number of aromatic nitrogens is 2. The van der Waals surface area contributed by atoms with Crippen LogP contribution in [0.5, 0.6) is 0 Å². The van der Waals surface area contributed by atoms with Crippen LogP contribution in [0.1, 0.15) is 36.4 Å². The zero-order valence-corrected chi connectivity index (χ0v) is 14.9. The molecule has 0 saturated heterocycles. The summed E-state index contributed by atoms with van der Waals surface area (Å²) in [6.07, 6.45) is 3.40. The molecule has 3 rings (SSSR count). The van der Waals surface area contributed by atoms with Gasteiger partial charge in [-0.15, -0.1) is 0 Å². The Morgan fingerprint density at radius 2 is 1.96 bits per heavy atom. The monoisotopic (exact) mass is 343 g/mol. The maximum Gasteiger partial charge on any atom is 0.224 e. The minimum Gasteiger partial charge on any atom is -0.366 e. The molecule has 2 N–H and O–H groups in total. The Labute approximate surface area is 148 Å². The van der Waals surface area contributed by atoms with Crippen molar-refractivity contribution in [3.05, 3.63) is 47.4 Å². The molecule has 134 valence electrons. The first kappa shape index (κ1) is 17.6. The van der Waals surface area contributed by atoms with Crippen LogP contribution in [0.15, 0.2) is 30.3 Å². The predicted octanol–water partition coefficient (Wildman–Crippen LogP) is 3.47. The Balaban J connectivity index is 1.64. The maximum absolute atomic E-state index is 13.8. The Morgan fingerprint density at radius 3 is 2.68 bits per heavy atom. The molecule has 1 aromatic heterocycles. The van der Waals surface area contributed by atoms with E-state index >= 15 is 0 Å². The molecule has 0 spiro atoms. The highest BCUT2D eigenvalue weighted by atomic mass is 19.1. The molecule has 0 amide bonds. The van der Waals surface area contributed by atoms with Gasteiger partial charge in [0.25, 0.3) is 0 Å². The number of nitrogens with one attached hydrogen (secondary N) is 2. The quantitative estimate of drug-likeness (QED) is 0.683. The molecule has 0 bridgehead atoms. The number of anilines is 2. The molecule has 1 saturated carbocycles. The van der Waals surface area contributed by atoms with Gasteiger partial charge in [-0.25, -0.2) is 9.37 Å². The van der Waals surface area contributed by atoms with Gasteiger partial charge in [0.15, 0.2) is 0 Å². The molecule has 1 aliphatic rings. The van der Waals surface area contributed by atoms with E-state index in [0.717, 1.165) is 31.0 Å². The molecule has 2 aromatic rings. The normalized spacial score (nSPS) is 13.9. The molecular formula is C19H26FN5. The second kappa shape index (κ2) is 8.25. The van der Waals surface area contributed by atoms with Gasteiger partial charge in [-0.1, -0.05) is 18.2 Å². The third-order valence-electron chi connectivity index (χ3n) is 4.22. The lowest BCUT2D eigenvalue weighted by molar-refractivity contribution is 0.405. The molecule has 1 aromatic carbocycles. The lowest BCUT2D eigenvalue weighted by Crippen LogP contribution is -2.17. The highest BCUT2D eigenvalue weighted by Crippen LogP contribution is 2.39. The van der Waals surface area contributed by atoms with Gasteiger partial charge in [0.2, 0.25) is 5.95 Å². The van der Waals surface area contributed by atoms with Gasteiger partial charge in [-0.3, -0.25) is 0 Å². The van der Waals surface area contributed by atoms with Crippen molar-refractivity contribution in [3.8, 4) is 0 Å². The fourth-order valence-electron chi connectivity index (χ4n) is 2.65. The predicted molar refractivity (Wildman–Crippen MR) is 99.4 cm³/mol. The van der Waals surface area contributed by atoms with Gasteiger partial charge < -0.3 is 15.5 Å². The first-order valence-corrected chi connectivity index (χ1v) is 8.86. The fourth-order valence-corrected chi connectivity index (χ4v) is 2.65. The zero-order chi connectivity index (χ0) is 17.6. The summed E-state index contributed by atoms with van der Waals surface area (Å²) in [5, 5.41) is 6.54. The van der Waals surface area contributed by atoms with Crippen LogP contribution in [0.4, 0.5) is 16.2 Å². The van der Waals surface area contributed by atoms with Crippen molar-refractivity contribution in [1.82, 2.24) is 14.9 Å². The van der Waals surface area contributed by atoms with Gasteiger partial charge in [-0.2, -0.15) is 4.98 Å². The van der Waals surface area contributed by atoms with Crippen LogP contribution >= 0.6 is 0 Å². The third kappa shape index (κ3) is 5.39. The molecule has 5 nitrogen and oxygen atoms in total. The van der Waals surface area contributed by atoms with Gasteiger partial charge in [0.1, 0.15) is 11.6 Å². The minimum atomic E-state index is -0.200. The molecule has 0 unspecified atom stereocenters. The molecule has 1 fully saturated rings. The number of hydrogen-bond acceptors (Lipinski definition) is 5. The van der Waals surface area contributed by atoms with E-state index in [1.807, 2.05) is 12.1 Å². The zero-order valence-electron chi connectivity index (χ0n) is 14.9. The van der Waals surface area contributed by atoms with Crippen LogP contribution in [0.3, 0.4) is 0 Å². The van der Waals surface area contributed by atoms with E-state index in [-0.39, 0.29) is 5.82 Å². The van der Waals surface area contributed by atoms with E-state index in [9.17, 15) is 4.39 Å². The average Bonchev–Trinajstić information content (AvgIpc) is 3.43. The average molecular weight is 343 g/mol. The van der Waals surface area contributed by atoms with Crippen LogP contribution in [-0.2, 0) is 6.54 Å². The highest BCUT2D eigenvalue weighted by Gasteiger charge is 2.26. The van der Waals surface area contributed by atoms with Gasteiger partial charge in [-0.05, 0) is 46.0 Å². The Hall–Kier alpha value is -2.21. The molecule has 0 radical (unpaired) electrons. The van der Waals surface area contributed by atoms with Crippen molar-refractivity contribution in [2.24, 2.45) is 0 Å². The third-order valence-corrected chi connectivity index (χ3v) is 4.22. The number of hydrogen-bond donors (Lipinski definition) is 2. The van der Waals surface area contributed by atoms with Crippen LogP contribution in [0.2, 0.25) is 0 Å². The Morgan fingerprint density at radius 1 is 1.16 bits per heavy atom. The van der Waals surface area contributed by atoms with E-state index in [1.54, 1.807) is 12.1 Å². The maximum atomic E-state index is 13.8. The largest absolute Gasteiger partial charge is 0.366 e. The SMILES string of the molecule is CN(C)CCCNc1nc(NCc2ccccc2F)cc(C2CC2)n1. The standard InChI is InChI=1S/C19H26FN5/c1-25(2)11-5-10-21-19-23-17(14-8-9-14)12-18(24-19)22-13-15-6-3-4-7-16(15)20/h3-4,6-7,12,14H,5,8-11,13H2,1-2H3,(H2,21,22,23,24).